The molecule has 20 heavy (non-hydrogen) atoms. The van der Waals surface area contributed by atoms with Crippen LogP contribution in [0.15, 0.2) is 29.2 Å². The monoisotopic (exact) mass is 311 g/mol. The number of rotatable bonds is 5. The van der Waals surface area contributed by atoms with Gasteiger partial charge in [0, 0.05) is 6.04 Å². The SMILES string of the molecule is CC(C)C(CO)NS(=O)(=O)c1ccccc1C(F)(F)F. The first-order chi connectivity index (χ1) is 9.09. The van der Waals surface area contributed by atoms with E-state index in [4.69, 9.17) is 5.11 Å². The van der Waals surface area contributed by atoms with Crippen LogP contribution in [0.5, 0.6) is 0 Å². The van der Waals surface area contributed by atoms with E-state index in [1.807, 2.05) is 0 Å². The minimum atomic E-state index is -4.77. The van der Waals surface area contributed by atoms with Crippen LogP contribution in [-0.4, -0.2) is 26.2 Å². The maximum Gasteiger partial charge on any atom is 0.417 e. The number of sulfonamides is 1. The number of aliphatic hydroxyl groups is 1. The molecule has 0 aliphatic rings. The molecule has 1 atom stereocenters. The maximum atomic E-state index is 12.8. The molecule has 1 unspecified atom stereocenters. The maximum absolute atomic E-state index is 12.8. The van der Waals surface area contributed by atoms with Crippen LogP contribution in [0, 0.1) is 5.92 Å². The van der Waals surface area contributed by atoms with Gasteiger partial charge in [0.15, 0.2) is 0 Å². The summed E-state index contributed by atoms with van der Waals surface area (Å²) in [5.41, 5.74) is -1.23. The fourth-order valence-corrected chi connectivity index (χ4v) is 3.19. The van der Waals surface area contributed by atoms with E-state index in [2.05, 4.69) is 4.72 Å². The van der Waals surface area contributed by atoms with E-state index in [1.165, 1.54) is 6.07 Å². The lowest BCUT2D eigenvalue weighted by Gasteiger charge is -2.21. The highest BCUT2D eigenvalue weighted by molar-refractivity contribution is 7.89. The number of alkyl halides is 3. The van der Waals surface area contributed by atoms with Gasteiger partial charge in [0.1, 0.15) is 0 Å². The molecule has 0 fully saturated rings. The van der Waals surface area contributed by atoms with Crippen molar-refractivity contribution in [1.29, 1.82) is 0 Å². The lowest BCUT2D eigenvalue weighted by molar-refractivity contribution is -0.139. The predicted octanol–water partition coefficient (Wildman–Crippen LogP) is 2.00. The summed E-state index contributed by atoms with van der Waals surface area (Å²) in [5, 5.41) is 9.09. The summed E-state index contributed by atoms with van der Waals surface area (Å²) in [6.07, 6.45) is -4.77. The third-order valence-electron chi connectivity index (χ3n) is 2.79. The summed E-state index contributed by atoms with van der Waals surface area (Å²) in [7, 11) is -4.36. The van der Waals surface area contributed by atoms with Gasteiger partial charge in [-0.25, -0.2) is 13.1 Å². The molecule has 0 saturated heterocycles. The van der Waals surface area contributed by atoms with Crippen LogP contribution in [0.25, 0.3) is 0 Å². The van der Waals surface area contributed by atoms with Crippen molar-refractivity contribution in [3.63, 3.8) is 0 Å². The molecule has 114 valence electrons. The second kappa shape index (κ2) is 6.11. The van der Waals surface area contributed by atoms with Gasteiger partial charge in [0.2, 0.25) is 10.0 Å². The smallest absolute Gasteiger partial charge is 0.395 e. The minimum Gasteiger partial charge on any atom is -0.395 e. The van der Waals surface area contributed by atoms with Crippen molar-refractivity contribution >= 4 is 10.0 Å². The molecule has 1 aromatic rings. The molecule has 0 heterocycles. The largest absolute Gasteiger partial charge is 0.417 e. The first-order valence-corrected chi connectivity index (χ1v) is 7.37. The Balaban J connectivity index is 3.23. The van der Waals surface area contributed by atoms with Crippen LogP contribution in [0.3, 0.4) is 0 Å². The molecular weight excluding hydrogens is 295 g/mol. The zero-order valence-electron chi connectivity index (χ0n) is 11.0. The van der Waals surface area contributed by atoms with Gasteiger partial charge in [-0.1, -0.05) is 26.0 Å². The highest BCUT2D eigenvalue weighted by Gasteiger charge is 2.37. The molecule has 0 aromatic heterocycles. The first kappa shape index (κ1) is 16.9. The van der Waals surface area contributed by atoms with Gasteiger partial charge in [0.05, 0.1) is 17.1 Å². The van der Waals surface area contributed by atoms with Gasteiger partial charge in [-0.2, -0.15) is 13.2 Å². The number of hydrogen-bond acceptors (Lipinski definition) is 3. The number of hydrogen-bond donors (Lipinski definition) is 2. The van der Waals surface area contributed by atoms with Gasteiger partial charge >= 0.3 is 6.18 Å². The second-order valence-electron chi connectivity index (χ2n) is 4.65. The van der Waals surface area contributed by atoms with E-state index in [1.54, 1.807) is 13.8 Å². The van der Waals surface area contributed by atoms with E-state index in [9.17, 15) is 21.6 Å². The van der Waals surface area contributed by atoms with E-state index in [0.717, 1.165) is 12.1 Å². The van der Waals surface area contributed by atoms with Gasteiger partial charge in [-0.05, 0) is 18.1 Å². The molecule has 4 nitrogen and oxygen atoms in total. The zero-order valence-corrected chi connectivity index (χ0v) is 11.8. The molecule has 0 aliphatic heterocycles. The number of nitrogens with one attached hydrogen (secondary N) is 1. The Kier molecular flexibility index (Phi) is 5.17. The molecule has 1 aromatic carbocycles. The molecule has 1 rings (SSSR count). The Morgan fingerprint density at radius 2 is 1.80 bits per heavy atom. The molecule has 0 amide bonds. The van der Waals surface area contributed by atoms with Crippen molar-refractivity contribution in [2.24, 2.45) is 5.92 Å². The van der Waals surface area contributed by atoms with Gasteiger partial charge < -0.3 is 5.11 Å². The summed E-state index contributed by atoms with van der Waals surface area (Å²) in [6, 6.07) is 3.08. The number of aliphatic hydroxyl groups excluding tert-OH is 1. The highest BCUT2D eigenvalue weighted by Crippen LogP contribution is 2.34. The minimum absolute atomic E-state index is 0.257. The first-order valence-electron chi connectivity index (χ1n) is 5.89. The predicted molar refractivity (Wildman–Crippen MR) is 67.5 cm³/mol. The second-order valence-corrected chi connectivity index (χ2v) is 6.33. The van der Waals surface area contributed by atoms with Crippen molar-refractivity contribution in [3.8, 4) is 0 Å². The van der Waals surface area contributed by atoms with Crippen molar-refractivity contribution < 1.29 is 26.7 Å². The quantitative estimate of drug-likeness (QED) is 0.874. The average Bonchev–Trinajstić information content (AvgIpc) is 2.34. The fourth-order valence-electron chi connectivity index (χ4n) is 1.58. The zero-order chi connectivity index (χ0) is 15.6. The molecule has 0 saturated carbocycles. The highest BCUT2D eigenvalue weighted by atomic mass is 32.2. The van der Waals surface area contributed by atoms with Crippen LogP contribution in [0.2, 0.25) is 0 Å². The van der Waals surface area contributed by atoms with Crippen LogP contribution >= 0.6 is 0 Å². The van der Waals surface area contributed by atoms with Gasteiger partial charge in [-0.15, -0.1) is 0 Å². The molecule has 0 bridgehead atoms. The van der Waals surface area contributed by atoms with Crippen LogP contribution in [0.1, 0.15) is 19.4 Å². The third kappa shape index (κ3) is 3.94. The molecule has 0 aliphatic carbocycles. The summed E-state index contributed by atoms with van der Waals surface area (Å²) < 4.78 is 64.6. The summed E-state index contributed by atoms with van der Waals surface area (Å²) in [4.78, 5) is -0.841. The molecule has 2 N–H and O–H groups in total. The Morgan fingerprint density at radius 3 is 2.25 bits per heavy atom. The van der Waals surface area contributed by atoms with E-state index in [0.29, 0.717) is 6.07 Å². The lowest BCUT2D eigenvalue weighted by atomic mass is 10.1. The fraction of sp³-hybridized carbons (Fsp3) is 0.500. The molecule has 0 radical (unpaired) electrons. The van der Waals surface area contributed by atoms with Crippen molar-refractivity contribution in [2.75, 3.05) is 6.61 Å². The third-order valence-corrected chi connectivity index (χ3v) is 4.34. The summed E-state index contributed by atoms with van der Waals surface area (Å²) in [6.45, 7) is 2.81. The van der Waals surface area contributed by atoms with Crippen molar-refractivity contribution in [1.82, 2.24) is 4.72 Å². The average molecular weight is 311 g/mol. The lowest BCUT2D eigenvalue weighted by Crippen LogP contribution is -2.41. The van der Waals surface area contributed by atoms with E-state index < -0.39 is 39.3 Å². The molecule has 8 heteroatoms. The number of halogens is 3. The standard InChI is InChI=1S/C12H16F3NO3S/c1-8(2)10(7-17)16-20(18,19)11-6-4-3-5-9(11)12(13,14)15/h3-6,8,10,16-17H,7H2,1-2H3. The van der Waals surface area contributed by atoms with E-state index in [-0.39, 0.29) is 5.92 Å². The van der Waals surface area contributed by atoms with Crippen LogP contribution in [-0.2, 0) is 16.2 Å². The van der Waals surface area contributed by atoms with Crippen LogP contribution in [0.4, 0.5) is 13.2 Å². The Bertz CT molecular complexity index is 555. The van der Waals surface area contributed by atoms with Crippen molar-refractivity contribution in [3.05, 3.63) is 29.8 Å². The van der Waals surface area contributed by atoms with Crippen LogP contribution < -0.4 is 4.72 Å². The topological polar surface area (TPSA) is 66.4 Å². The summed E-state index contributed by atoms with van der Waals surface area (Å²) >= 11 is 0. The normalized spacial score (nSPS) is 14.6. The number of benzene rings is 1. The molecular formula is C12H16F3NO3S. The Morgan fingerprint density at radius 1 is 1.25 bits per heavy atom. The molecule has 0 spiro atoms. The Hall–Kier alpha value is -1.12. The van der Waals surface area contributed by atoms with Gasteiger partial charge in [-0.3, -0.25) is 0 Å². The van der Waals surface area contributed by atoms with Crippen molar-refractivity contribution in [2.45, 2.75) is 31.0 Å². The summed E-state index contributed by atoms with van der Waals surface area (Å²) in [5.74, 6) is -0.257. The Labute approximate surface area is 115 Å². The van der Waals surface area contributed by atoms with E-state index >= 15 is 0 Å². The van der Waals surface area contributed by atoms with Gasteiger partial charge in [0.25, 0.3) is 0 Å².